The van der Waals surface area contributed by atoms with Gasteiger partial charge in [0.05, 0.1) is 25.2 Å². The monoisotopic (exact) mass is 433 g/mol. The first-order valence-electron chi connectivity index (χ1n) is 10.3. The zero-order valence-electron chi connectivity index (χ0n) is 18.0. The minimum absolute atomic E-state index is 0.154. The number of methoxy groups -OCH3 is 1. The second kappa shape index (κ2) is 9.01. The van der Waals surface area contributed by atoms with E-state index in [1.165, 1.54) is 7.11 Å². The van der Waals surface area contributed by atoms with Crippen LogP contribution in [-0.4, -0.2) is 45.1 Å². The van der Waals surface area contributed by atoms with Crippen molar-refractivity contribution in [1.29, 1.82) is 0 Å². The van der Waals surface area contributed by atoms with E-state index in [9.17, 15) is 9.59 Å². The molecular formula is C23H23N5O4. The molecule has 0 bridgehead atoms. The molecule has 4 rings (SSSR count). The Hall–Kier alpha value is -4.01. The quantitative estimate of drug-likeness (QED) is 0.429. The number of esters is 1. The number of fused-ring (bicyclic) bond motifs is 1. The SMILES string of the molecule is CCOc1cc(-c2cccc(CC(C)C(=O)OC)c2)ccc1-c1nc2[nH]nnc2c(=O)[nH]1. The van der Waals surface area contributed by atoms with Gasteiger partial charge in [-0.25, -0.2) is 10.1 Å². The number of hydrogen-bond donors (Lipinski definition) is 2. The first-order chi connectivity index (χ1) is 15.5. The fourth-order valence-electron chi connectivity index (χ4n) is 3.58. The summed E-state index contributed by atoms with van der Waals surface area (Å²) in [6.07, 6.45) is 0.584. The maximum Gasteiger partial charge on any atom is 0.308 e. The number of carbonyl (C=O) groups is 1. The van der Waals surface area contributed by atoms with E-state index in [1.54, 1.807) is 0 Å². The zero-order chi connectivity index (χ0) is 22.7. The predicted octanol–water partition coefficient (Wildman–Crippen LogP) is 3.13. The lowest BCUT2D eigenvalue weighted by atomic mass is 9.96. The smallest absolute Gasteiger partial charge is 0.308 e. The number of ether oxygens (including phenoxy) is 2. The van der Waals surface area contributed by atoms with Crippen molar-refractivity contribution in [2.24, 2.45) is 5.92 Å². The molecule has 0 spiro atoms. The van der Waals surface area contributed by atoms with Gasteiger partial charge in [0.2, 0.25) is 0 Å². The Kier molecular flexibility index (Phi) is 5.98. The maximum atomic E-state index is 12.3. The highest BCUT2D eigenvalue weighted by molar-refractivity contribution is 5.77. The summed E-state index contributed by atoms with van der Waals surface area (Å²) in [7, 11) is 1.40. The van der Waals surface area contributed by atoms with Gasteiger partial charge in [-0.05, 0) is 42.2 Å². The molecule has 0 saturated heterocycles. The second-order valence-corrected chi connectivity index (χ2v) is 7.40. The number of benzene rings is 2. The lowest BCUT2D eigenvalue weighted by Crippen LogP contribution is -2.15. The molecule has 0 saturated carbocycles. The molecule has 0 radical (unpaired) electrons. The molecule has 0 amide bonds. The minimum Gasteiger partial charge on any atom is -0.493 e. The number of nitrogens with zero attached hydrogens (tertiary/aromatic N) is 3. The molecule has 2 aromatic carbocycles. The molecule has 9 heteroatoms. The molecule has 1 unspecified atom stereocenters. The van der Waals surface area contributed by atoms with Crippen molar-refractivity contribution in [3.8, 4) is 28.3 Å². The highest BCUT2D eigenvalue weighted by atomic mass is 16.5. The van der Waals surface area contributed by atoms with E-state index >= 15 is 0 Å². The summed E-state index contributed by atoms with van der Waals surface area (Å²) in [5, 5.41) is 10.0. The highest BCUT2D eigenvalue weighted by Crippen LogP contribution is 2.33. The number of aromatic amines is 2. The summed E-state index contributed by atoms with van der Waals surface area (Å²) in [5.41, 5.74) is 3.70. The third kappa shape index (κ3) is 4.22. The molecule has 4 aromatic rings. The van der Waals surface area contributed by atoms with Gasteiger partial charge in [-0.3, -0.25) is 9.59 Å². The van der Waals surface area contributed by atoms with Crippen LogP contribution in [0.1, 0.15) is 19.4 Å². The lowest BCUT2D eigenvalue weighted by molar-refractivity contribution is -0.144. The number of nitrogens with one attached hydrogen (secondary N) is 2. The normalized spacial score (nSPS) is 12.0. The van der Waals surface area contributed by atoms with Crippen LogP contribution in [-0.2, 0) is 16.0 Å². The van der Waals surface area contributed by atoms with Crippen LogP contribution in [0.3, 0.4) is 0 Å². The molecular weight excluding hydrogens is 410 g/mol. The first-order valence-corrected chi connectivity index (χ1v) is 10.3. The lowest BCUT2D eigenvalue weighted by Gasteiger charge is -2.13. The van der Waals surface area contributed by atoms with Crippen LogP contribution in [0, 0.1) is 5.92 Å². The molecule has 0 aliphatic carbocycles. The maximum absolute atomic E-state index is 12.3. The molecule has 0 aliphatic heterocycles. The molecule has 1 atom stereocenters. The van der Waals surface area contributed by atoms with E-state index in [1.807, 2.05) is 56.3 Å². The number of aromatic nitrogens is 5. The second-order valence-electron chi connectivity index (χ2n) is 7.40. The minimum atomic E-state index is -0.377. The van der Waals surface area contributed by atoms with Crippen molar-refractivity contribution in [3.63, 3.8) is 0 Å². The fourth-order valence-corrected chi connectivity index (χ4v) is 3.58. The Balaban J connectivity index is 1.71. The number of carbonyl (C=O) groups excluding carboxylic acids is 1. The van der Waals surface area contributed by atoms with Crippen molar-refractivity contribution in [1.82, 2.24) is 25.4 Å². The summed E-state index contributed by atoms with van der Waals surface area (Å²) in [6.45, 7) is 4.19. The van der Waals surface area contributed by atoms with Crippen molar-refractivity contribution in [2.75, 3.05) is 13.7 Å². The van der Waals surface area contributed by atoms with E-state index in [4.69, 9.17) is 9.47 Å². The van der Waals surface area contributed by atoms with Crippen LogP contribution in [0.5, 0.6) is 5.75 Å². The topological polar surface area (TPSA) is 123 Å². The molecule has 9 nitrogen and oxygen atoms in total. The van der Waals surface area contributed by atoms with Gasteiger partial charge in [0.15, 0.2) is 11.2 Å². The molecule has 0 fully saturated rings. The molecule has 164 valence electrons. The van der Waals surface area contributed by atoms with Crippen LogP contribution >= 0.6 is 0 Å². The highest BCUT2D eigenvalue weighted by Gasteiger charge is 2.16. The van der Waals surface area contributed by atoms with Crippen LogP contribution in [0.15, 0.2) is 47.3 Å². The summed E-state index contributed by atoms with van der Waals surface area (Å²) in [4.78, 5) is 31.2. The third-order valence-electron chi connectivity index (χ3n) is 5.14. The molecule has 2 heterocycles. The summed E-state index contributed by atoms with van der Waals surface area (Å²) in [6, 6.07) is 13.7. The average Bonchev–Trinajstić information content (AvgIpc) is 3.28. The van der Waals surface area contributed by atoms with Crippen LogP contribution in [0.4, 0.5) is 0 Å². The molecule has 2 aromatic heterocycles. The van der Waals surface area contributed by atoms with E-state index in [2.05, 4.69) is 25.4 Å². The van der Waals surface area contributed by atoms with Crippen LogP contribution in [0.2, 0.25) is 0 Å². The van der Waals surface area contributed by atoms with Crippen molar-refractivity contribution >= 4 is 17.1 Å². The summed E-state index contributed by atoms with van der Waals surface area (Å²) in [5.74, 6) is 0.494. The third-order valence-corrected chi connectivity index (χ3v) is 5.14. The van der Waals surface area contributed by atoms with E-state index in [0.717, 1.165) is 16.7 Å². The van der Waals surface area contributed by atoms with E-state index in [0.29, 0.717) is 35.8 Å². The summed E-state index contributed by atoms with van der Waals surface area (Å²) >= 11 is 0. The number of H-pyrrole nitrogens is 2. The molecule has 32 heavy (non-hydrogen) atoms. The largest absolute Gasteiger partial charge is 0.493 e. The Morgan fingerprint density at radius 2 is 1.97 bits per heavy atom. The molecule has 2 N–H and O–H groups in total. The average molecular weight is 433 g/mol. The van der Waals surface area contributed by atoms with Gasteiger partial charge in [0.25, 0.3) is 5.56 Å². The van der Waals surface area contributed by atoms with Crippen LogP contribution in [0.25, 0.3) is 33.7 Å². The van der Waals surface area contributed by atoms with Gasteiger partial charge >= 0.3 is 5.97 Å². The van der Waals surface area contributed by atoms with Crippen LogP contribution < -0.4 is 10.3 Å². The van der Waals surface area contributed by atoms with Gasteiger partial charge < -0.3 is 14.5 Å². The Morgan fingerprint density at radius 1 is 1.16 bits per heavy atom. The van der Waals surface area contributed by atoms with Gasteiger partial charge in [-0.1, -0.05) is 42.5 Å². The first kappa shape index (κ1) is 21.2. The summed E-state index contributed by atoms with van der Waals surface area (Å²) < 4.78 is 10.7. The molecule has 0 aliphatic rings. The number of hydrogen-bond acceptors (Lipinski definition) is 7. The van der Waals surface area contributed by atoms with Crippen molar-refractivity contribution in [2.45, 2.75) is 20.3 Å². The zero-order valence-corrected chi connectivity index (χ0v) is 18.0. The van der Waals surface area contributed by atoms with E-state index in [-0.39, 0.29) is 23.0 Å². The van der Waals surface area contributed by atoms with Crippen molar-refractivity contribution in [3.05, 3.63) is 58.4 Å². The Labute approximate surface area is 183 Å². The van der Waals surface area contributed by atoms with Crippen molar-refractivity contribution < 1.29 is 14.3 Å². The van der Waals surface area contributed by atoms with Gasteiger partial charge in [-0.2, -0.15) is 0 Å². The standard InChI is InChI=1S/C23H23N5O4/c1-4-32-18-12-16(15-7-5-6-14(11-15)10-13(2)23(30)31-3)8-9-17(18)20-24-21-19(22(29)25-20)26-28-27-21/h5-9,11-13H,4,10H2,1-3H3,(H2,24,25,26,27,28,29). The Morgan fingerprint density at radius 3 is 2.75 bits per heavy atom. The van der Waals surface area contributed by atoms with E-state index < -0.39 is 0 Å². The number of rotatable bonds is 7. The van der Waals surface area contributed by atoms with Gasteiger partial charge in [0, 0.05) is 0 Å². The predicted molar refractivity (Wildman–Crippen MR) is 119 cm³/mol. The van der Waals surface area contributed by atoms with Gasteiger partial charge in [0.1, 0.15) is 11.6 Å². The fraction of sp³-hybridized carbons (Fsp3) is 0.261. The van der Waals surface area contributed by atoms with Gasteiger partial charge in [-0.15, -0.1) is 5.10 Å². The Bertz CT molecular complexity index is 1330.